The van der Waals surface area contributed by atoms with E-state index < -0.39 is 15.9 Å². The molecule has 1 aromatic heterocycles. The molecule has 0 bridgehead atoms. The Balaban J connectivity index is 1.73. The molecule has 1 aromatic carbocycles. The van der Waals surface area contributed by atoms with Crippen molar-refractivity contribution in [2.24, 2.45) is 13.0 Å². The summed E-state index contributed by atoms with van der Waals surface area (Å²) in [7, 11) is -2.14. The number of halogens is 1. The minimum absolute atomic E-state index is 0.0934. The number of carbonyl (C=O) groups excluding carboxylic acids is 1. The maximum atomic E-state index is 12.7. The van der Waals surface area contributed by atoms with Crippen LogP contribution >= 0.6 is 11.6 Å². The van der Waals surface area contributed by atoms with E-state index in [-0.39, 0.29) is 22.8 Å². The lowest BCUT2D eigenvalue weighted by Gasteiger charge is -2.30. The Bertz CT molecular complexity index is 847. The van der Waals surface area contributed by atoms with Crippen molar-refractivity contribution in [1.82, 2.24) is 13.9 Å². The van der Waals surface area contributed by atoms with Crippen molar-refractivity contribution in [3.8, 4) is 0 Å². The zero-order valence-electron chi connectivity index (χ0n) is 13.7. The van der Waals surface area contributed by atoms with Gasteiger partial charge in [-0.2, -0.15) is 4.31 Å². The number of aryl methyl sites for hydroxylation is 1. The predicted octanol–water partition coefficient (Wildman–Crippen LogP) is 2.11. The number of benzene rings is 1. The van der Waals surface area contributed by atoms with Gasteiger partial charge in [-0.3, -0.25) is 4.79 Å². The Morgan fingerprint density at radius 2 is 2.04 bits per heavy atom. The van der Waals surface area contributed by atoms with E-state index in [0.29, 0.717) is 25.1 Å². The summed E-state index contributed by atoms with van der Waals surface area (Å²) in [6, 6.07) is 9.12. The SMILES string of the molecule is Cn1cc(S(=O)(=O)N2CCCC(C(=O)Nc3ccccc3)C2)nc1Cl. The van der Waals surface area contributed by atoms with E-state index in [4.69, 9.17) is 11.6 Å². The van der Waals surface area contributed by atoms with Crippen molar-refractivity contribution in [2.75, 3.05) is 18.4 Å². The van der Waals surface area contributed by atoms with Crippen molar-refractivity contribution in [2.45, 2.75) is 17.9 Å². The third-order valence-corrected chi connectivity index (χ3v) is 6.29. The van der Waals surface area contributed by atoms with Gasteiger partial charge in [0, 0.05) is 32.0 Å². The highest BCUT2D eigenvalue weighted by molar-refractivity contribution is 7.89. The van der Waals surface area contributed by atoms with Crippen LogP contribution in [0.2, 0.25) is 5.28 Å². The number of para-hydroxylation sites is 1. The molecule has 1 atom stereocenters. The van der Waals surface area contributed by atoms with Crippen molar-refractivity contribution < 1.29 is 13.2 Å². The van der Waals surface area contributed by atoms with Crippen LogP contribution in [-0.4, -0.2) is 41.3 Å². The molecule has 0 aliphatic carbocycles. The maximum absolute atomic E-state index is 12.7. The fourth-order valence-electron chi connectivity index (χ4n) is 2.81. The number of aromatic nitrogens is 2. The normalized spacial score (nSPS) is 18.9. The molecule has 2 aromatic rings. The lowest BCUT2D eigenvalue weighted by molar-refractivity contribution is -0.120. The van der Waals surface area contributed by atoms with Gasteiger partial charge in [-0.15, -0.1) is 0 Å². The summed E-state index contributed by atoms with van der Waals surface area (Å²) in [5, 5.41) is 2.85. The van der Waals surface area contributed by atoms with Crippen molar-refractivity contribution in [1.29, 1.82) is 0 Å². The highest BCUT2D eigenvalue weighted by Gasteiger charge is 2.34. The van der Waals surface area contributed by atoms with Gasteiger partial charge >= 0.3 is 0 Å². The minimum atomic E-state index is -3.77. The van der Waals surface area contributed by atoms with Crippen LogP contribution in [0.15, 0.2) is 41.6 Å². The van der Waals surface area contributed by atoms with Gasteiger partial charge in [0.15, 0.2) is 5.03 Å². The Morgan fingerprint density at radius 1 is 1.32 bits per heavy atom. The molecule has 1 amide bonds. The van der Waals surface area contributed by atoms with Crippen LogP contribution in [0, 0.1) is 5.92 Å². The zero-order chi connectivity index (χ0) is 18.0. The van der Waals surface area contributed by atoms with Gasteiger partial charge in [0.1, 0.15) is 0 Å². The number of rotatable bonds is 4. The Hall–Kier alpha value is -1.90. The number of nitrogens with zero attached hydrogens (tertiary/aromatic N) is 3. The summed E-state index contributed by atoms with van der Waals surface area (Å²) < 4.78 is 28.2. The first kappa shape index (κ1) is 17.9. The summed E-state index contributed by atoms with van der Waals surface area (Å²) in [6.45, 7) is 0.501. The van der Waals surface area contributed by atoms with Crippen LogP contribution in [-0.2, 0) is 21.9 Å². The number of imidazole rings is 1. The average Bonchev–Trinajstić information content (AvgIpc) is 2.96. The third-order valence-electron chi connectivity index (χ3n) is 4.20. The van der Waals surface area contributed by atoms with Crippen LogP contribution in [0.1, 0.15) is 12.8 Å². The number of carbonyl (C=O) groups is 1. The summed E-state index contributed by atoms with van der Waals surface area (Å²) >= 11 is 5.85. The van der Waals surface area contributed by atoms with Crippen molar-refractivity contribution in [3.05, 3.63) is 41.8 Å². The molecular weight excluding hydrogens is 364 g/mol. The van der Waals surface area contributed by atoms with Gasteiger partial charge in [-0.05, 0) is 36.6 Å². The number of amides is 1. The molecule has 0 radical (unpaired) electrons. The molecule has 1 unspecified atom stereocenters. The van der Waals surface area contributed by atoms with Gasteiger partial charge in [0.05, 0.1) is 5.92 Å². The summed E-state index contributed by atoms with van der Waals surface area (Å²) in [6.07, 6.45) is 2.64. The largest absolute Gasteiger partial charge is 0.326 e. The van der Waals surface area contributed by atoms with Crippen molar-refractivity contribution >= 4 is 33.2 Å². The monoisotopic (exact) mass is 382 g/mol. The summed E-state index contributed by atoms with van der Waals surface area (Å²) in [4.78, 5) is 16.4. The first-order valence-electron chi connectivity index (χ1n) is 7.93. The fraction of sp³-hybridized carbons (Fsp3) is 0.375. The number of anilines is 1. The zero-order valence-corrected chi connectivity index (χ0v) is 15.3. The van der Waals surface area contributed by atoms with E-state index in [2.05, 4.69) is 10.3 Å². The third kappa shape index (κ3) is 3.86. The standard InChI is InChI=1S/C16H19ClN4O3S/c1-20-11-14(19-16(20)17)25(23,24)21-9-5-6-12(10-21)15(22)18-13-7-3-2-4-8-13/h2-4,7-8,11-12H,5-6,9-10H2,1H3,(H,18,22). The molecule has 2 heterocycles. The van der Waals surface area contributed by atoms with Gasteiger partial charge in [-0.25, -0.2) is 13.4 Å². The quantitative estimate of drug-likeness (QED) is 0.877. The lowest BCUT2D eigenvalue weighted by atomic mass is 9.99. The molecule has 9 heteroatoms. The highest BCUT2D eigenvalue weighted by atomic mass is 35.5. The Kier molecular flexibility index (Phi) is 5.12. The predicted molar refractivity (Wildman–Crippen MR) is 94.8 cm³/mol. The molecule has 7 nitrogen and oxygen atoms in total. The second kappa shape index (κ2) is 7.15. The molecule has 134 valence electrons. The number of nitrogens with one attached hydrogen (secondary N) is 1. The molecule has 1 N–H and O–H groups in total. The first-order valence-corrected chi connectivity index (χ1v) is 9.74. The van der Waals surface area contributed by atoms with E-state index in [1.54, 1.807) is 19.2 Å². The van der Waals surface area contributed by atoms with Gasteiger partial charge in [0.2, 0.25) is 11.2 Å². The Labute approximate surface area is 151 Å². The molecule has 0 spiro atoms. The van der Waals surface area contributed by atoms with Crippen LogP contribution in [0.3, 0.4) is 0 Å². The maximum Gasteiger partial charge on any atom is 0.262 e. The van der Waals surface area contributed by atoms with Crippen LogP contribution < -0.4 is 5.32 Å². The van der Waals surface area contributed by atoms with Gasteiger partial charge in [-0.1, -0.05) is 18.2 Å². The number of hydrogen-bond donors (Lipinski definition) is 1. The van der Waals surface area contributed by atoms with Crippen LogP contribution in [0.25, 0.3) is 0 Å². The molecule has 3 rings (SSSR count). The van der Waals surface area contributed by atoms with E-state index in [1.807, 2.05) is 18.2 Å². The molecule has 0 saturated carbocycles. The molecule has 1 aliphatic heterocycles. The first-order chi connectivity index (χ1) is 11.9. The van der Waals surface area contributed by atoms with E-state index in [0.717, 1.165) is 0 Å². The second-order valence-corrected chi connectivity index (χ2v) is 8.24. The molecule has 1 saturated heterocycles. The van der Waals surface area contributed by atoms with E-state index in [1.165, 1.54) is 15.1 Å². The summed E-state index contributed by atoms with van der Waals surface area (Å²) in [5.41, 5.74) is 0.698. The Morgan fingerprint density at radius 3 is 2.68 bits per heavy atom. The second-order valence-electron chi connectivity index (χ2n) is 6.02. The van der Waals surface area contributed by atoms with Gasteiger partial charge < -0.3 is 9.88 Å². The lowest BCUT2D eigenvalue weighted by Crippen LogP contribution is -2.43. The molecule has 1 aliphatic rings. The number of sulfonamides is 1. The van der Waals surface area contributed by atoms with E-state index in [9.17, 15) is 13.2 Å². The minimum Gasteiger partial charge on any atom is -0.326 e. The molecule has 1 fully saturated rings. The van der Waals surface area contributed by atoms with Crippen LogP contribution in [0.5, 0.6) is 0 Å². The number of piperidine rings is 1. The fourth-order valence-corrected chi connectivity index (χ4v) is 4.51. The topological polar surface area (TPSA) is 84.3 Å². The average molecular weight is 383 g/mol. The number of hydrogen-bond acceptors (Lipinski definition) is 4. The van der Waals surface area contributed by atoms with E-state index >= 15 is 0 Å². The smallest absolute Gasteiger partial charge is 0.262 e. The van der Waals surface area contributed by atoms with Gasteiger partial charge in [0.25, 0.3) is 10.0 Å². The highest BCUT2D eigenvalue weighted by Crippen LogP contribution is 2.25. The van der Waals surface area contributed by atoms with Crippen LogP contribution in [0.4, 0.5) is 5.69 Å². The molecular formula is C16H19ClN4O3S. The molecule has 25 heavy (non-hydrogen) atoms. The van der Waals surface area contributed by atoms with Crippen molar-refractivity contribution in [3.63, 3.8) is 0 Å². The summed E-state index contributed by atoms with van der Waals surface area (Å²) in [5.74, 6) is -0.576.